The number of methoxy groups -OCH3 is 2. The lowest BCUT2D eigenvalue weighted by atomic mass is 10.0. The van der Waals surface area contributed by atoms with Crippen LogP contribution in [0.15, 0.2) is 36.4 Å². The van der Waals surface area contributed by atoms with Crippen molar-refractivity contribution in [1.82, 2.24) is 4.98 Å². The number of rotatable bonds is 5. The van der Waals surface area contributed by atoms with Gasteiger partial charge in [0.15, 0.2) is 11.5 Å². The van der Waals surface area contributed by atoms with Gasteiger partial charge in [0, 0.05) is 10.9 Å². The number of nitrogens with zero attached hydrogens (tertiary/aromatic N) is 1. The molecule has 0 unspecified atom stereocenters. The van der Waals surface area contributed by atoms with Crippen molar-refractivity contribution in [3.8, 4) is 34.3 Å². The number of aromatic nitrogens is 1. The van der Waals surface area contributed by atoms with Gasteiger partial charge in [0.1, 0.15) is 5.75 Å². The Morgan fingerprint density at radius 3 is 2.23 bits per heavy atom. The van der Waals surface area contributed by atoms with Gasteiger partial charge in [0.05, 0.1) is 25.4 Å². The number of aryl methyl sites for hydroxylation is 1. The van der Waals surface area contributed by atoms with E-state index >= 15 is 0 Å². The highest BCUT2D eigenvalue weighted by molar-refractivity contribution is 5.86. The third kappa shape index (κ3) is 3.33. The first-order valence-corrected chi connectivity index (χ1v) is 7.74. The topological polar surface area (TPSA) is 60.8 Å². The maximum absolute atomic E-state index is 12.4. The van der Waals surface area contributed by atoms with Crippen LogP contribution in [0.25, 0.3) is 22.2 Å². The predicted molar refractivity (Wildman–Crippen MR) is 93.3 cm³/mol. The summed E-state index contributed by atoms with van der Waals surface area (Å²) in [5.74, 6) is 0.516. The van der Waals surface area contributed by atoms with Crippen molar-refractivity contribution in [3.05, 3.63) is 42.0 Å². The maximum atomic E-state index is 12.4. The molecule has 5 nitrogen and oxygen atoms in total. The van der Waals surface area contributed by atoms with E-state index in [2.05, 4.69) is 9.72 Å². The first kappa shape index (κ1) is 17.7. The average molecular weight is 361 g/mol. The van der Waals surface area contributed by atoms with E-state index < -0.39 is 6.61 Å². The standard InChI is InChI=1S/C19H17F2NO4/c1-10-6-15(11-7-16(24-2)18(23)17(8-11)25-3)22-14-5-4-12(9-13(10)14)26-19(20)21/h4-9,19,23H,1-3H3. The average Bonchev–Trinajstić information content (AvgIpc) is 2.61. The maximum Gasteiger partial charge on any atom is 0.387 e. The number of pyridine rings is 1. The lowest BCUT2D eigenvalue weighted by molar-refractivity contribution is -0.0497. The molecule has 0 bridgehead atoms. The molecule has 3 aromatic rings. The number of ether oxygens (including phenoxy) is 3. The molecule has 0 amide bonds. The van der Waals surface area contributed by atoms with Crippen molar-refractivity contribution >= 4 is 10.9 Å². The number of phenols is 1. The molecule has 0 radical (unpaired) electrons. The SMILES string of the molecule is COc1cc(-c2cc(C)c3cc(OC(F)F)ccc3n2)cc(OC)c1O. The molecule has 7 heteroatoms. The Hall–Kier alpha value is -3.09. The number of aromatic hydroxyl groups is 1. The first-order valence-electron chi connectivity index (χ1n) is 7.74. The van der Waals surface area contributed by atoms with Crippen LogP contribution in [0.5, 0.6) is 23.0 Å². The van der Waals surface area contributed by atoms with Gasteiger partial charge in [-0.1, -0.05) is 0 Å². The van der Waals surface area contributed by atoms with Crippen LogP contribution < -0.4 is 14.2 Å². The molecule has 1 heterocycles. The Bertz CT molecular complexity index is 935. The Morgan fingerprint density at radius 1 is 1.00 bits per heavy atom. The molecule has 0 aliphatic carbocycles. The van der Waals surface area contributed by atoms with E-state index in [1.165, 1.54) is 26.4 Å². The van der Waals surface area contributed by atoms with Crippen LogP contribution in [0.2, 0.25) is 0 Å². The fourth-order valence-electron chi connectivity index (χ4n) is 2.74. The monoisotopic (exact) mass is 361 g/mol. The van der Waals surface area contributed by atoms with Gasteiger partial charge in [-0.2, -0.15) is 8.78 Å². The van der Waals surface area contributed by atoms with E-state index in [1.807, 2.05) is 13.0 Å². The number of benzene rings is 2. The van der Waals surface area contributed by atoms with Gasteiger partial charge in [0.2, 0.25) is 5.75 Å². The number of hydrogen-bond acceptors (Lipinski definition) is 5. The van der Waals surface area contributed by atoms with Crippen LogP contribution in [0, 0.1) is 6.92 Å². The van der Waals surface area contributed by atoms with Crippen LogP contribution in [0.1, 0.15) is 5.56 Å². The van der Waals surface area contributed by atoms with Crippen LogP contribution >= 0.6 is 0 Å². The van der Waals surface area contributed by atoms with E-state index in [1.54, 1.807) is 18.2 Å². The summed E-state index contributed by atoms with van der Waals surface area (Å²) in [6.07, 6.45) is 0. The zero-order chi connectivity index (χ0) is 18.8. The molecule has 3 rings (SSSR count). The minimum absolute atomic E-state index is 0.0816. The molecule has 2 aromatic carbocycles. The lowest BCUT2D eigenvalue weighted by Crippen LogP contribution is -2.02. The fourth-order valence-corrected chi connectivity index (χ4v) is 2.74. The first-order chi connectivity index (χ1) is 12.4. The van der Waals surface area contributed by atoms with Crippen molar-refractivity contribution in [3.63, 3.8) is 0 Å². The smallest absolute Gasteiger partial charge is 0.387 e. The summed E-state index contributed by atoms with van der Waals surface area (Å²) in [4.78, 5) is 4.57. The van der Waals surface area contributed by atoms with Crippen LogP contribution in [-0.4, -0.2) is 30.9 Å². The van der Waals surface area contributed by atoms with Crippen LogP contribution in [0.4, 0.5) is 8.78 Å². The molecule has 0 saturated heterocycles. The zero-order valence-electron chi connectivity index (χ0n) is 14.4. The van der Waals surface area contributed by atoms with Crippen molar-refractivity contribution < 1.29 is 28.1 Å². The minimum Gasteiger partial charge on any atom is -0.502 e. The Labute approximate surface area is 148 Å². The van der Waals surface area contributed by atoms with E-state index in [4.69, 9.17) is 9.47 Å². The second-order valence-corrected chi connectivity index (χ2v) is 5.61. The van der Waals surface area contributed by atoms with Crippen molar-refractivity contribution in [2.24, 2.45) is 0 Å². The zero-order valence-corrected chi connectivity index (χ0v) is 14.4. The quantitative estimate of drug-likeness (QED) is 0.723. The number of fused-ring (bicyclic) bond motifs is 1. The van der Waals surface area contributed by atoms with E-state index in [-0.39, 0.29) is 23.0 Å². The highest BCUT2D eigenvalue weighted by atomic mass is 19.3. The fraction of sp³-hybridized carbons (Fsp3) is 0.211. The highest BCUT2D eigenvalue weighted by Crippen LogP contribution is 2.40. The van der Waals surface area contributed by atoms with Gasteiger partial charge in [0.25, 0.3) is 0 Å². The number of phenolic OH excluding ortho intramolecular Hbond substituents is 1. The minimum atomic E-state index is -2.88. The molecule has 1 aromatic heterocycles. The molecular weight excluding hydrogens is 344 g/mol. The Morgan fingerprint density at radius 2 is 1.65 bits per heavy atom. The largest absolute Gasteiger partial charge is 0.502 e. The van der Waals surface area contributed by atoms with Crippen molar-refractivity contribution in [1.29, 1.82) is 0 Å². The van der Waals surface area contributed by atoms with Crippen LogP contribution in [0.3, 0.4) is 0 Å². The third-order valence-electron chi connectivity index (χ3n) is 3.99. The van der Waals surface area contributed by atoms with Gasteiger partial charge in [-0.15, -0.1) is 0 Å². The Balaban J connectivity index is 2.12. The molecule has 0 aliphatic rings. The van der Waals surface area contributed by atoms with Gasteiger partial charge >= 0.3 is 6.61 Å². The number of alkyl halides is 2. The summed E-state index contributed by atoms with van der Waals surface area (Å²) in [5, 5.41) is 10.8. The van der Waals surface area contributed by atoms with E-state index in [0.717, 1.165) is 5.56 Å². The molecule has 26 heavy (non-hydrogen) atoms. The summed E-state index contributed by atoms with van der Waals surface area (Å²) in [6.45, 7) is -1.02. The molecule has 1 N–H and O–H groups in total. The van der Waals surface area contributed by atoms with Crippen molar-refractivity contribution in [2.75, 3.05) is 14.2 Å². The normalized spacial score (nSPS) is 11.0. The second kappa shape index (κ2) is 7.03. The van der Waals surface area contributed by atoms with Gasteiger partial charge in [-0.3, -0.25) is 0 Å². The Kier molecular flexibility index (Phi) is 4.79. The summed E-state index contributed by atoms with van der Waals surface area (Å²) in [5.41, 5.74) is 2.80. The second-order valence-electron chi connectivity index (χ2n) is 5.61. The number of hydrogen-bond donors (Lipinski definition) is 1. The molecule has 0 saturated carbocycles. The summed E-state index contributed by atoms with van der Waals surface area (Å²) in [6, 6.07) is 9.73. The van der Waals surface area contributed by atoms with E-state index in [0.29, 0.717) is 22.2 Å². The molecule has 0 spiro atoms. The van der Waals surface area contributed by atoms with E-state index in [9.17, 15) is 13.9 Å². The molecular formula is C19H17F2NO4. The molecule has 0 aliphatic heterocycles. The van der Waals surface area contributed by atoms with Gasteiger partial charge in [-0.05, 0) is 48.9 Å². The lowest BCUT2D eigenvalue weighted by Gasteiger charge is -2.13. The van der Waals surface area contributed by atoms with Crippen molar-refractivity contribution in [2.45, 2.75) is 13.5 Å². The summed E-state index contributed by atoms with van der Waals surface area (Å²) in [7, 11) is 2.89. The predicted octanol–water partition coefficient (Wildman–Crippen LogP) is 4.53. The molecule has 136 valence electrons. The van der Waals surface area contributed by atoms with Crippen LogP contribution in [-0.2, 0) is 0 Å². The highest BCUT2D eigenvalue weighted by Gasteiger charge is 2.14. The third-order valence-corrected chi connectivity index (χ3v) is 3.99. The summed E-state index contributed by atoms with van der Waals surface area (Å²) < 4.78 is 39.6. The summed E-state index contributed by atoms with van der Waals surface area (Å²) >= 11 is 0. The molecule has 0 fully saturated rings. The van der Waals surface area contributed by atoms with Gasteiger partial charge in [-0.25, -0.2) is 4.98 Å². The number of halogens is 2. The molecule has 0 atom stereocenters. The van der Waals surface area contributed by atoms with Gasteiger partial charge < -0.3 is 19.3 Å².